The van der Waals surface area contributed by atoms with E-state index in [-0.39, 0.29) is 22.8 Å². The molecule has 9 heteroatoms. The van der Waals surface area contributed by atoms with E-state index in [0.29, 0.717) is 10.1 Å². The Kier molecular flexibility index (Phi) is 5.25. The highest BCUT2D eigenvalue weighted by Gasteiger charge is 2.26. The summed E-state index contributed by atoms with van der Waals surface area (Å²) in [6, 6.07) is 4.59. The number of thiophene rings is 1. The maximum atomic E-state index is 12.1. The third-order valence-electron chi connectivity index (χ3n) is 2.83. The zero-order valence-electron chi connectivity index (χ0n) is 12.9. The number of carbonyl (C=O) groups excluding carboxylic acids is 2. The number of rotatable bonds is 6. The van der Waals surface area contributed by atoms with E-state index >= 15 is 0 Å². The molecule has 0 aliphatic rings. The Morgan fingerprint density at radius 1 is 1.29 bits per heavy atom. The van der Waals surface area contributed by atoms with Gasteiger partial charge in [-0.15, -0.1) is 11.3 Å². The zero-order valence-corrected chi connectivity index (χ0v) is 14.5. The van der Waals surface area contributed by atoms with Crippen LogP contribution < -0.4 is 4.18 Å². The standard InChI is InChI=1S/C15H14O7S2/c1-4-8-21-14(16)10-7-5-6-9-11(22-24(3,18)19)13(15(17)20-2)23-12(9)10/h4-7H,1,8H2,2-3H3. The van der Waals surface area contributed by atoms with Crippen LogP contribution in [0.15, 0.2) is 30.9 Å². The molecule has 0 N–H and O–H groups in total. The minimum Gasteiger partial charge on any atom is -0.465 e. The molecule has 0 saturated heterocycles. The summed E-state index contributed by atoms with van der Waals surface area (Å²) in [5.41, 5.74) is 0.188. The van der Waals surface area contributed by atoms with Crippen molar-refractivity contribution in [2.75, 3.05) is 20.0 Å². The van der Waals surface area contributed by atoms with Gasteiger partial charge in [0.25, 0.3) is 0 Å². The Morgan fingerprint density at radius 3 is 2.58 bits per heavy atom. The molecular weight excluding hydrogens is 356 g/mol. The van der Waals surface area contributed by atoms with E-state index < -0.39 is 22.1 Å². The average molecular weight is 370 g/mol. The highest BCUT2D eigenvalue weighted by molar-refractivity contribution is 7.86. The SMILES string of the molecule is C=CCOC(=O)c1cccc2c(OS(C)(=O)=O)c(C(=O)OC)sc12. The van der Waals surface area contributed by atoms with Gasteiger partial charge in [0.05, 0.1) is 23.6 Å². The molecule has 0 amide bonds. The molecule has 0 unspecified atom stereocenters. The fraction of sp³-hybridized carbons (Fsp3) is 0.200. The summed E-state index contributed by atoms with van der Waals surface area (Å²) in [5, 5.41) is 0.305. The number of hydrogen-bond acceptors (Lipinski definition) is 8. The molecule has 1 aromatic heterocycles. The number of esters is 2. The first-order chi connectivity index (χ1) is 11.3. The van der Waals surface area contributed by atoms with Crippen LogP contribution in [0.5, 0.6) is 5.75 Å². The molecule has 0 spiro atoms. The first kappa shape index (κ1) is 18.0. The molecule has 7 nitrogen and oxygen atoms in total. The number of hydrogen-bond donors (Lipinski definition) is 0. The highest BCUT2D eigenvalue weighted by atomic mass is 32.2. The van der Waals surface area contributed by atoms with Gasteiger partial charge in [0.2, 0.25) is 0 Å². The van der Waals surface area contributed by atoms with Crippen LogP contribution in [0.3, 0.4) is 0 Å². The summed E-state index contributed by atoms with van der Waals surface area (Å²) >= 11 is 0.895. The van der Waals surface area contributed by atoms with Gasteiger partial charge < -0.3 is 13.7 Å². The second-order valence-corrected chi connectivity index (χ2v) is 7.20. The highest BCUT2D eigenvalue weighted by Crippen LogP contribution is 2.40. The van der Waals surface area contributed by atoms with Crippen molar-refractivity contribution in [3.05, 3.63) is 41.3 Å². The van der Waals surface area contributed by atoms with E-state index in [9.17, 15) is 18.0 Å². The van der Waals surface area contributed by atoms with Crippen molar-refractivity contribution in [1.82, 2.24) is 0 Å². The Bertz CT molecular complexity index is 909. The predicted octanol–water partition coefficient (Wildman–Crippen LogP) is 2.37. The Balaban J connectivity index is 2.68. The third kappa shape index (κ3) is 3.74. The Labute approximate surface area is 142 Å². The molecule has 0 radical (unpaired) electrons. The normalized spacial score (nSPS) is 11.1. The van der Waals surface area contributed by atoms with Crippen LogP contribution in [0.1, 0.15) is 20.0 Å². The van der Waals surface area contributed by atoms with Gasteiger partial charge in [-0.3, -0.25) is 0 Å². The molecule has 0 atom stereocenters. The van der Waals surface area contributed by atoms with Crippen LogP contribution >= 0.6 is 11.3 Å². The molecule has 24 heavy (non-hydrogen) atoms. The first-order valence-electron chi connectivity index (χ1n) is 6.59. The molecule has 0 bridgehead atoms. The van der Waals surface area contributed by atoms with Gasteiger partial charge in [-0.1, -0.05) is 18.7 Å². The average Bonchev–Trinajstić information content (AvgIpc) is 2.88. The first-order valence-corrected chi connectivity index (χ1v) is 9.23. The van der Waals surface area contributed by atoms with Gasteiger partial charge in [0, 0.05) is 5.39 Å². The molecule has 0 aliphatic carbocycles. The molecule has 1 aromatic carbocycles. The topological polar surface area (TPSA) is 96.0 Å². The lowest BCUT2D eigenvalue weighted by molar-refractivity contribution is 0.0550. The fourth-order valence-electron chi connectivity index (χ4n) is 1.93. The van der Waals surface area contributed by atoms with E-state index in [1.807, 2.05) is 0 Å². The van der Waals surface area contributed by atoms with Crippen LogP contribution in [0.4, 0.5) is 0 Å². The summed E-state index contributed by atoms with van der Waals surface area (Å²) in [6.45, 7) is 3.48. The van der Waals surface area contributed by atoms with Crippen molar-refractivity contribution in [3.63, 3.8) is 0 Å². The van der Waals surface area contributed by atoms with Gasteiger partial charge in [-0.2, -0.15) is 8.42 Å². The molecule has 0 fully saturated rings. The number of ether oxygens (including phenoxy) is 2. The van der Waals surface area contributed by atoms with E-state index in [4.69, 9.17) is 8.92 Å². The monoisotopic (exact) mass is 370 g/mol. The number of benzene rings is 1. The molecule has 2 aromatic rings. The van der Waals surface area contributed by atoms with Crippen LogP contribution in [-0.2, 0) is 19.6 Å². The van der Waals surface area contributed by atoms with E-state index in [1.165, 1.54) is 18.2 Å². The lowest BCUT2D eigenvalue weighted by Crippen LogP contribution is -2.09. The van der Waals surface area contributed by atoms with Crippen molar-refractivity contribution in [3.8, 4) is 5.75 Å². The zero-order chi connectivity index (χ0) is 17.9. The lowest BCUT2D eigenvalue weighted by Gasteiger charge is -2.05. The van der Waals surface area contributed by atoms with Crippen LogP contribution in [0.2, 0.25) is 0 Å². The van der Waals surface area contributed by atoms with Crippen molar-refractivity contribution in [1.29, 1.82) is 0 Å². The van der Waals surface area contributed by atoms with Gasteiger partial charge in [0.15, 0.2) is 10.6 Å². The molecule has 0 aliphatic heterocycles. The van der Waals surface area contributed by atoms with Gasteiger partial charge >= 0.3 is 22.1 Å². The van der Waals surface area contributed by atoms with Gasteiger partial charge in [-0.05, 0) is 12.1 Å². The second-order valence-electron chi connectivity index (χ2n) is 4.61. The fourth-order valence-corrected chi connectivity index (χ4v) is 3.61. The summed E-state index contributed by atoms with van der Waals surface area (Å²) < 4.78 is 37.9. The van der Waals surface area contributed by atoms with Crippen molar-refractivity contribution >= 4 is 43.5 Å². The minimum atomic E-state index is -3.88. The largest absolute Gasteiger partial charge is 0.465 e. The Hall–Kier alpha value is -2.39. The third-order valence-corrected chi connectivity index (χ3v) is 4.50. The van der Waals surface area contributed by atoms with Gasteiger partial charge in [0.1, 0.15) is 6.61 Å². The van der Waals surface area contributed by atoms with Gasteiger partial charge in [-0.25, -0.2) is 9.59 Å². The summed E-state index contributed by atoms with van der Waals surface area (Å²) in [6.07, 6.45) is 2.28. The Morgan fingerprint density at radius 2 is 2.00 bits per heavy atom. The molecule has 0 saturated carbocycles. The maximum Gasteiger partial charge on any atom is 0.351 e. The number of fused-ring (bicyclic) bond motifs is 1. The maximum absolute atomic E-state index is 12.1. The van der Waals surface area contributed by atoms with Crippen LogP contribution in [0, 0.1) is 0 Å². The number of methoxy groups -OCH3 is 1. The van der Waals surface area contributed by atoms with Crippen molar-refractivity contribution in [2.24, 2.45) is 0 Å². The van der Waals surface area contributed by atoms with E-state index in [1.54, 1.807) is 6.07 Å². The number of carbonyl (C=O) groups is 2. The summed E-state index contributed by atoms with van der Waals surface area (Å²) in [7, 11) is -2.72. The summed E-state index contributed by atoms with van der Waals surface area (Å²) in [5.74, 6) is -1.55. The molecule has 1 heterocycles. The van der Waals surface area contributed by atoms with E-state index in [0.717, 1.165) is 24.7 Å². The second kappa shape index (κ2) is 7.02. The molecule has 128 valence electrons. The molecular formula is C15H14O7S2. The van der Waals surface area contributed by atoms with Crippen LogP contribution in [-0.4, -0.2) is 40.3 Å². The lowest BCUT2D eigenvalue weighted by atomic mass is 10.1. The predicted molar refractivity (Wildman–Crippen MR) is 89.1 cm³/mol. The van der Waals surface area contributed by atoms with Crippen LogP contribution in [0.25, 0.3) is 10.1 Å². The molecule has 2 rings (SSSR count). The quantitative estimate of drug-likeness (QED) is 0.437. The smallest absolute Gasteiger partial charge is 0.351 e. The summed E-state index contributed by atoms with van der Waals surface area (Å²) in [4.78, 5) is 24.0. The van der Waals surface area contributed by atoms with Crippen molar-refractivity contribution < 1.29 is 31.7 Å². The minimum absolute atomic E-state index is 0.0250. The van der Waals surface area contributed by atoms with Crippen molar-refractivity contribution in [2.45, 2.75) is 0 Å². The van der Waals surface area contributed by atoms with E-state index in [2.05, 4.69) is 11.3 Å².